The van der Waals surface area contributed by atoms with E-state index < -0.39 is 24.0 Å². The number of aromatic nitrogens is 1. The lowest BCUT2D eigenvalue weighted by Crippen LogP contribution is -2.40. The maximum atomic E-state index is 12.3. The molecule has 98 valence electrons. The van der Waals surface area contributed by atoms with E-state index in [2.05, 4.69) is 5.16 Å². The van der Waals surface area contributed by atoms with Gasteiger partial charge in [-0.15, -0.1) is 0 Å². The molecular weight excluding hydrogens is 240 g/mol. The highest BCUT2D eigenvalue weighted by Crippen LogP contribution is 2.23. The van der Waals surface area contributed by atoms with Crippen LogP contribution < -0.4 is 0 Å². The Labute approximate surface area is 103 Å². The maximum Gasteiger partial charge on any atom is 0.326 e. The Hall–Kier alpha value is -1.89. The van der Waals surface area contributed by atoms with Crippen molar-refractivity contribution in [3.05, 3.63) is 17.0 Å². The Bertz CT molecular complexity index is 476. The number of hydrogen-bond donors (Lipinski definition) is 2. The van der Waals surface area contributed by atoms with Gasteiger partial charge in [-0.1, -0.05) is 5.16 Å². The highest BCUT2D eigenvalue weighted by molar-refractivity contribution is 5.98. The van der Waals surface area contributed by atoms with Crippen molar-refractivity contribution < 1.29 is 24.3 Å². The van der Waals surface area contributed by atoms with Crippen molar-refractivity contribution in [2.24, 2.45) is 0 Å². The van der Waals surface area contributed by atoms with E-state index in [1.165, 1.54) is 0 Å². The first-order valence-electron chi connectivity index (χ1n) is 5.56. The first-order valence-corrected chi connectivity index (χ1v) is 5.56. The molecule has 0 unspecified atom stereocenters. The van der Waals surface area contributed by atoms with Crippen LogP contribution in [-0.4, -0.2) is 50.8 Å². The highest BCUT2D eigenvalue weighted by atomic mass is 16.5. The summed E-state index contributed by atoms with van der Waals surface area (Å²) in [7, 11) is 0. The number of carbonyl (C=O) groups is 2. The van der Waals surface area contributed by atoms with Crippen LogP contribution in [0.3, 0.4) is 0 Å². The van der Waals surface area contributed by atoms with Crippen molar-refractivity contribution in [1.29, 1.82) is 0 Å². The quantitative estimate of drug-likeness (QED) is 0.767. The first kappa shape index (κ1) is 12.6. The third-order valence-electron chi connectivity index (χ3n) is 3.07. The molecule has 2 heterocycles. The molecule has 18 heavy (non-hydrogen) atoms. The van der Waals surface area contributed by atoms with Crippen molar-refractivity contribution in [3.8, 4) is 0 Å². The number of carbonyl (C=O) groups excluding carboxylic acids is 1. The molecule has 1 amide bonds. The normalized spacial score (nSPS) is 23.4. The van der Waals surface area contributed by atoms with E-state index in [4.69, 9.17) is 9.63 Å². The second-order valence-electron chi connectivity index (χ2n) is 4.40. The molecular formula is C11H14N2O5. The van der Waals surface area contributed by atoms with Gasteiger partial charge in [0.15, 0.2) is 0 Å². The number of aliphatic hydroxyl groups excluding tert-OH is 1. The molecule has 1 aromatic heterocycles. The second-order valence-corrected chi connectivity index (χ2v) is 4.40. The van der Waals surface area contributed by atoms with Gasteiger partial charge >= 0.3 is 5.97 Å². The van der Waals surface area contributed by atoms with Gasteiger partial charge in [0.05, 0.1) is 11.8 Å². The SMILES string of the molecule is Cc1noc(C)c1C(=O)N1C[C@@H](O)C[C@H]1C(=O)O. The van der Waals surface area contributed by atoms with Crippen molar-refractivity contribution >= 4 is 11.9 Å². The van der Waals surface area contributed by atoms with Gasteiger partial charge in [0.2, 0.25) is 0 Å². The number of β-amino-alcohol motifs (C(OH)–C–C–N with tert-alkyl or cyclic N) is 1. The zero-order valence-corrected chi connectivity index (χ0v) is 10.1. The smallest absolute Gasteiger partial charge is 0.326 e. The van der Waals surface area contributed by atoms with Gasteiger partial charge in [-0.25, -0.2) is 4.79 Å². The van der Waals surface area contributed by atoms with Crippen LogP contribution in [0.1, 0.15) is 28.2 Å². The zero-order chi connectivity index (χ0) is 13.4. The van der Waals surface area contributed by atoms with Crippen LogP contribution in [0.15, 0.2) is 4.52 Å². The lowest BCUT2D eigenvalue weighted by Gasteiger charge is -2.20. The third kappa shape index (κ3) is 1.97. The zero-order valence-electron chi connectivity index (χ0n) is 10.1. The number of carboxylic acids is 1. The molecule has 7 heteroatoms. The maximum absolute atomic E-state index is 12.3. The van der Waals surface area contributed by atoms with Gasteiger partial charge in [0.25, 0.3) is 5.91 Å². The van der Waals surface area contributed by atoms with E-state index in [-0.39, 0.29) is 18.5 Å². The topological polar surface area (TPSA) is 104 Å². The van der Waals surface area contributed by atoms with Gasteiger partial charge in [-0.2, -0.15) is 0 Å². The number of aliphatic hydroxyl groups is 1. The minimum atomic E-state index is -1.12. The molecule has 0 bridgehead atoms. The van der Waals surface area contributed by atoms with Crippen LogP contribution in [-0.2, 0) is 4.79 Å². The van der Waals surface area contributed by atoms with E-state index in [0.717, 1.165) is 4.90 Å². The van der Waals surface area contributed by atoms with Crippen LogP contribution in [0.5, 0.6) is 0 Å². The number of likely N-dealkylation sites (tertiary alicyclic amines) is 1. The molecule has 1 aliphatic heterocycles. The molecule has 1 saturated heterocycles. The summed E-state index contributed by atoms with van der Waals surface area (Å²) in [5.41, 5.74) is 0.693. The summed E-state index contributed by atoms with van der Waals surface area (Å²) in [5, 5.41) is 22.2. The lowest BCUT2D eigenvalue weighted by atomic mass is 10.1. The number of aliphatic carboxylic acids is 1. The average molecular weight is 254 g/mol. The van der Waals surface area contributed by atoms with Gasteiger partial charge in [0.1, 0.15) is 17.4 Å². The van der Waals surface area contributed by atoms with Crippen molar-refractivity contribution in [1.82, 2.24) is 10.1 Å². The van der Waals surface area contributed by atoms with Crippen molar-refractivity contribution in [2.75, 3.05) is 6.54 Å². The van der Waals surface area contributed by atoms with Crippen LogP contribution in [0.4, 0.5) is 0 Å². The molecule has 1 aliphatic rings. The Morgan fingerprint density at radius 2 is 2.11 bits per heavy atom. The molecule has 2 rings (SSSR count). The molecule has 0 radical (unpaired) electrons. The standard InChI is InChI=1S/C11H14N2O5/c1-5-9(6(2)18-12-5)10(15)13-4-7(14)3-8(13)11(16)17/h7-8,14H,3-4H2,1-2H3,(H,16,17)/t7-,8-/m0/s1. The Morgan fingerprint density at radius 3 is 2.61 bits per heavy atom. The monoisotopic (exact) mass is 254 g/mol. The minimum absolute atomic E-state index is 0.0138. The number of amides is 1. The van der Waals surface area contributed by atoms with E-state index in [1.54, 1.807) is 13.8 Å². The fourth-order valence-electron chi connectivity index (χ4n) is 2.20. The Balaban J connectivity index is 2.31. The van der Waals surface area contributed by atoms with Crippen molar-refractivity contribution in [2.45, 2.75) is 32.4 Å². The van der Waals surface area contributed by atoms with E-state index in [1.807, 2.05) is 0 Å². The summed E-state index contributed by atoms with van der Waals surface area (Å²) in [6.45, 7) is 3.22. The summed E-state index contributed by atoms with van der Waals surface area (Å²) in [4.78, 5) is 24.5. The predicted octanol–water partition coefficient (Wildman–Crippen LogP) is -0.0486. The number of aryl methyl sites for hydroxylation is 2. The summed E-state index contributed by atoms with van der Waals surface area (Å²) >= 11 is 0. The summed E-state index contributed by atoms with van der Waals surface area (Å²) < 4.78 is 4.89. The predicted molar refractivity (Wildman–Crippen MR) is 59.1 cm³/mol. The summed E-state index contributed by atoms with van der Waals surface area (Å²) in [5.74, 6) is -1.23. The molecule has 2 N–H and O–H groups in total. The van der Waals surface area contributed by atoms with Gasteiger partial charge in [-0.05, 0) is 13.8 Å². The molecule has 2 atom stereocenters. The minimum Gasteiger partial charge on any atom is -0.480 e. The number of hydrogen-bond acceptors (Lipinski definition) is 5. The molecule has 7 nitrogen and oxygen atoms in total. The van der Waals surface area contributed by atoms with Crippen LogP contribution in [0, 0.1) is 13.8 Å². The molecule has 1 fully saturated rings. The first-order chi connectivity index (χ1) is 8.41. The molecule has 0 aromatic carbocycles. The van der Waals surface area contributed by atoms with Crippen LogP contribution >= 0.6 is 0 Å². The summed E-state index contributed by atoms with van der Waals surface area (Å²) in [6.07, 6.45) is -0.764. The molecule has 0 spiro atoms. The Kier molecular flexibility index (Phi) is 3.08. The van der Waals surface area contributed by atoms with E-state index in [9.17, 15) is 14.7 Å². The fourth-order valence-corrected chi connectivity index (χ4v) is 2.20. The van der Waals surface area contributed by atoms with E-state index >= 15 is 0 Å². The second kappa shape index (κ2) is 4.41. The van der Waals surface area contributed by atoms with Crippen molar-refractivity contribution in [3.63, 3.8) is 0 Å². The average Bonchev–Trinajstić information content (AvgIpc) is 2.82. The lowest BCUT2D eigenvalue weighted by molar-refractivity contribution is -0.141. The third-order valence-corrected chi connectivity index (χ3v) is 3.07. The highest BCUT2D eigenvalue weighted by Gasteiger charge is 2.40. The van der Waals surface area contributed by atoms with E-state index in [0.29, 0.717) is 11.5 Å². The van der Waals surface area contributed by atoms with Gasteiger partial charge in [0, 0.05) is 13.0 Å². The van der Waals surface area contributed by atoms with Crippen LogP contribution in [0.2, 0.25) is 0 Å². The Morgan fingerprint density at radius 1 is 1.44 bits per heavy atom. The largest absolute Gasteiger partial charge is 0.480 e. The fraction of sp³-hybridized carbons (Fsp3) is 0.545. The summed E-state index contributed by atoms with van der Waals surface area (Å²) in [6, 6.07) is -0.999. The molecule has 0 aliphatic carbocycles. The molecule has 1 aromatic rings. The van der Waals surface area contributed by atoms with Gasteiger partial charge in [-0.3, -0.25) is 4.79 Å². The number of carboxylic acid groups (broad SMARTS) is 1. The molecule has 0 saturated carbocycles. The van der Waals surface area contributed by atoms with Crippen LogP contribution in [0.25, 0.3) is 0 Å². The van der Waals surface area contributed by atoms with Gasteiger partial charge < -0.3 is 19.6 Å². The number of rotatable bonds is 2. The number of nitrogens with zero attached hydrogens (tertiary/aromatic N) is 2.